The maximum atomic E-state index is 9.55. The van der Waals surface area contributed by atoms with Crippen LogP contribution in [0, 0.1) is 11.8 Å². The van der Waals surface area contributed by atoms with Crippen molar-refractivity contribution in [1.82, 2.24) is 0 Å². The van der Waals surface area contributed by atoms with Crippen LogP contribution in [0.1, 0.15) is 33.1 Å². The Morgan fingerprint density at radius 3 is 2.75 bits per heavy atom. The lowest BCUT2D eigenvalue weighted by Crippen LogP contribution is -2.16. The fraction of sp³-hybridized carbons (Fsp3) is 1.00. The molecule has 0 amide bonds. The Kier molecular flexibility index (Phi) is 4.02. The second kappa shape index (κ2) is 4.83. The van der Waals surface area contributed by atoms with Crippen molar-refractivity contribution in [2.24, 2.45) is 11.8 Å². The van der Waals surface area contributed by atoms with E-state index in [0.29, 0.717) is 11.8 Å². The molecule has 0 aromatic heterocycles. The minimum absolute atomic E-state index is 0.120. The molecule has 1 fully saturated rings. The quantitative estimate of drug-likeness (QED) is 0.701. The van der Waals surface area contributed by atoms with Crippen LogP contribution in [-0.4, -0.2) is 24.4 Å². The highest BCUT2D eigenvalue weighted by Gasteiger charge is 2.17. The van der Waals surface area contributed by atoms with Gasteiger partial charge in [0.2, 0.25) is 0 Å². The first kappa shape index (κ1) is 10.0. The van der Waals surface area contributed by atoms with E-state index < -0.39 is 0 Å². The normalized spacial score (nSPS) is 26.5. The molecule has 1 heterocycles. The van der Waals surface area contributed by atoms with E-state index in [-0.39, 0.29) is 6.10 Å². The van der Waals surface area contributed by atoms with Crippen molar-refractivity contribution < 1.29 is 9.84 Å². The largest absolute Gasteiger partial charge is 0.393 e. The molecule has 1 N–H and O–H groups in total. The minimum Gasteiger partial charge on any atom is -0.393 e. The van der Waals surface area contributed by atoms with E-state index in [1.165, 1.54) is 6.42 Å². The van der Waals surface area contributed by atoms with E-state index >= 15 is 0 Å². The van der Waals surface area contributed by atoms with Gasteiger partial charge in [-0.1, -0.05) is 13.8 Å². The summed E-state index contributed by atoms with van der Waals surface area (Å²) >= 11 is 0. The molecule has 0 radical (unpaired) electrons. The zero-order valence-electron chi connectivity index (χ0n) is 8.12. The average Bonchev–Trinajstić information content (AvgIpc) is 2.51. The fourth-order valence-electron chi connectivity index (χ4n) is 1.55. The lowest BCUT2D eigenvalue weighted by Gasteiger charge is -2.15. The van der Waals surface area contributed by atoms with Crippen LogP contribution in [0.15, 0.2) is 0 Å². The van der Waals surface area contributed by atoms with Crippen LogP contribution < -0.4 is 0 Å². The molecular weight excluding hydrogens is 152 g/mol. The number of hydrogen-bond acceptors (Lipinski definition) is 2. The Bertz CT molecular complexity index is 115. The Balaban J connectivity index is 2.07. The van der Waals surface area contributed by atoms with Crippen molar-refractivity contribution in [2.45, 2.75) is 39.2 Å². The highest BCUT2D eigenvalue weighted by Crippen LogP contribution is 2.20. The number of aliphatic hydroxyl groups is 1. The number of hydrogen-bond donors (Lipinski definition) is 1. The molecule has 1 saturated heterocycles. The zero-order valence-corrected chi connectivity index (χ0v) is 8.12. The van der Waals surface area contributed by atoms with E-state index in [1.54, 1.807) is 0 Å². The maximum absolute atomic E-state index is 9.55. The molecule has 1 rings (SSSR count). The van der Waals surface area contributed by atoms with Crippen LogP contribution in [0.3, 0.4) is 0 Å². The van der Waals surface area contributed by atoms with Gasteiger partial charge in [0, 0.05) is 13.2 Å². The molecule has 2 unspecified atom stereocenters. The summed E-state index contributed by atoms with van der Waals surface area (Å²) < 4.78 is 5.27. The lowest BCUT2D eigenvalue weighted by atomic mass is 9.96. The third kappa shape index (κ3) is 3.11. The highest BCUT2D eigenvalue weighted by atomic mass is 16.5. The molecule has 0 aliphatic carbocycles. The average molecular weight is 172 g/mol. The third-order valence-corrected chi connectivity index (χ3v) is 2.66. The van der Waals surface area contributed by atoms with Gasteiger partial charge in [-0.15, -0.1) is 0 Å². The van der Waals surface area contributed by atoms with Crippen molar-refractivity contribution in [3.63, 3.8) is 0 Å². The van der Waals surface area contributed by atoms with Gasteiger partial charge in [0.25, 0.3) is 0 Å². The van der Waals surface area contributed by atoms with Gasteiger partial charge in [-0.25, -0.2) is 0 Å². The Labute approximate surface area is 74.9 Å². The Hall–Kier alpha value is -0.0800. The molecule has 2 heteroatoms. The van der Waals surface area contributed by atoms with Crippen LogP contribution in [0.4, 0.5) is 0 Å². The smallest absolute Gasteiger partial charge is 0.0563 e. The summed E-state index contributed by atoms with van der Waals surface area (Å²) in [6.45, 7) is 5.96. The summed E-state index contributed by atoms with van der Waals surface area (Å²) in [5.41, 5.74) is 0. The van der Waals surface area contributed by atoms with Gasteiger partial charge in [-0.2, -0.15) is 0 Å². The lowest BCUT2D eigenvalue weighted by molar-refractivity contribution is 0.106. The van der Waals surface area contributed by atoms with Gasteiger partial charge < -0.3 is 9.84 Å². The van der Waals surface area contributed by atoms with Crippen molar-refractivity contribution in [3.05, 3.63) is 0 Å². The zero-order chi connectivity index (χ0) is 8.97. The topological polar surface area (TPSA) is 29.5 Å². The maximum Gasteiger partial charge on any atom is 0.0563 e. The summed E-state index contributed by atoms with van der Waals surface area (Å²) in [4.78, 5) is 0. The van der Waals surface area contributed by atoms with Crippen LogP contribution in [0.5, 0.6) is 0 Å². The van der Waals surface area contributed by atoms with Gasteiger partial charge in [0.15, 0.2) is 0 Å². The summed E-state index contributed by atoms with van der Waals surface area (Å²) in [6, 6.07) is 0. The van der Waals surface area contributed by atoms with E-state index in [4.69, 9.17) is 4.74 Å². The summed E-state index contributed by atoms with van der Waals surface area (Å²) in [6.07, 6.45) is 3.13. The second-order valence-corrected chi connectivity index (χ2v) is 4.12. The SMILES string of the molecule is CC(C)C(O)CCC1CCOC1. The van der Waals surface area contributed by atoms with E-state index in [9.17, 15) is 5.11 Å². The van der Waals surface area contributed by atoms with E-state index in [0.717, 1.165) is 26.1 Å². The van der Waals surface area contributed by atoms with Gasteiger partial charge in [-0.05, 0) is 31.1 Å². The summed E-state index contributed by atoms with van der Waals surface area (Å²) in [5, 5.41) is 9.55. The van der Waals surface area contributed by atoms with Crippen LogP contribution in [0.2, 0.25) is 0 Å². The second-order valence-electron chi connectivity index (χ2n) is 4.12. The van der Waals surface area contributed by atoms with Gasteiger partial charge in [0.05, 0.1) is 6.10 Å². The third-order valence-electron chi connectivity index (χ3n) is 2.66. The first-order valence-electron chi connectivity index (χ1n) is 4.96. The first-order valence-corrected chi connectivity index (χ1v) is 4.96. The molecule has 0 spiro atoms. The highest BCUT2D eigenvalue weighted by molar-refractivity contribution is 4.68. The number of aliphatic hydroxyl groups excluding tert-OH is 1. The predicted molar refractivity (Wildman–Crippen MR) is 49.0 cm³/mol. The predicted octanol–water partition coefficient (Wildman–Crippen LogP) is 1.82. The molecule has 0 aromatic rings. The Morgan fingerprint density at radius 2 is 2.25 bits per heavy atom. The van der Waals surface area contributed by atoms with Crippen molar-refractivity contribution in [2.75, 3.05) is 13.2 Å². The molecule has 72 valence electrons. The number of rotatable bonds is 4. The van der Waals surface area contributed by atoms with Gasteiger partial charge in [0.1, 0.15) is 0 Å². The van der Waals surface area contributed by atoms with E-state index in [1.807, 2.05) is 0 Å². The van der Waals surface area contributed by atoms with Crippen LogP contribution >= 0.6 is 0 Å². The number of ether oxygens (including phenoxy) is 1. The summed E-state index contributed by atoms with van der Waals surface area (Å²) in [5.74, 6) is 1.10. The molecule has 1 aliphatic rings. The molecule has 2 atom stereocenters. The van der Waals surface area contributed by atoms with Crippen molar-refractivity contribution in [3.8, 4) is 0 Å². The molecule has 0 bridgehead atoms. The molecule has 2 nitrogen and oxygen atoms in total. The summed E-state index contributed by atoms with van der Waals surface area (Å²) in [7, 11) is 0. The Morgan fingerprint density at radius 1 is 1.50 bits per heavy atom. The molecule has 1 aliphatic heterocycles. The van der Waals surface area contributed by atoms with Crippen LogP contribution in [-0.2, 0) is 4.74 Å². The van der Waals surface area contributed by atoms with E-state index in [2.05, 4.69) is 13.8 Å². The first-order chi connectivity index (χ1) is 5.70. The van der Waals surface area contributed by atoms with Crippen molar-refractivity contribution >= 4 is 0 Å². The standard InChI is InChI=1S/C10H20O2/c1-8(2)10(11)4-3-9-5-6-12-7-9/h8-11H,3-7H2,1-2H3. The minimum atomic E-state index is -0.120. The van der Waals surface area contributed by atoms with Gasteiger partial charge >= 0.3 is 0 Å². The molecule has 0 aromatic carbocycles. The molecule has 0 saturated carbocycles. The monoisotopic (exact) mass is 172 g/mol. The van der Waals surface area contributed by atoms with Crippen molar-refractivity contribution in [1.29, 1.82) is 0 Å². The van der Waals surface area contributed by atoms with Crippen LogP contribution in [0.25, 0.3) is 0 Å². The fourth-order valence-corrected chi connectivity index (χ4v) is 1.55. The van der Waals surface area contributed by atoms with Gasteiger partial charge in [-0.3, -0.25) is 0 Å². The molecular formula is C10H20O2. The molecule has 12 heavy (non-hydrogen) atoms.